The lowest BCUT2D eigenvalue weighted by Gasteiger charge is -2.32. The summed E-state index contributed by atoms with van der Waals surface area (Å²) in [6.45, 7) is 16.7. The van der Waals surface area contributed by atoms with Crippen molar-refractivity contribution >= 4 is 5.91 Å². The van der Waals surface area contributed by atoms with Crippen molar-refractivity contribution in [1.29, 1.82) is 0 Å². The second-order valence-electron chi connectivity index (χ2n) is 10.9. The number of benzene rings is 2. The van der Waals surface area contributed by atoms with E-state index in [4.69, 9.17) is 9.47 Å². The predicted octanol–water partition coefficient (Wildman–Crippen LogP) is 3.97. The Bertz CT molecular complexity index is 969. The highest BCUT2D eigenvalue weighted by molar-refractivity contribution is 5.73. The second kappa shape index (κ2) is 13.3. The highest BCUT2D eigenvalue weighted by Crippen LogP contribution is 2.21. The van der Waals surface area contributed by atoms with Crippen LogP contribution in [0.1, 0.15) is 45.7 Å². The molecule has 1 N–H and O–H groups in total. The minimum atomic E-state index is -1.17. The molecule has 0 bridgehead atoms. The molecule has 1 saturated heterocycles. The van der Waals surface area contributed by atoms with Gasteiger partial charge in [0.2, 0.25) is 5.91 Å². The fourth-order valence-corrected chi connectivity index (χ4v) is 4.92. The Kier molecular flexibility index (Phi) is 10.4. The number of hydrogen-bond donors (Lipinski definition) is 1. The van der Waals surface area contributed by atoms with Gasteiger partial charge >= 0.3 is 0 Å². The predicted molar refractivity (Wildman–Crippen MR) is 148 cm³/mol. The molecule has 0 aliphatic carbocycles. The summed E-state index contributed by atoms with van der Waals surface area (Å²) in [5.74, 6) is 1.54. The molecule has 2 aromatic rings. The second-order valence-corrected chi connectivity index (χ2v) is 10.9. The fraction of sp³-hybridized carbons (Fsp3) is 0.567. The Labute approximate surface area is 223 Å². The van der Waals surface area contributed by atoms with Gasteiger partial charge in [-0.25, -0.2) is 0 Å². The first-order valence-corrected chi connectivity index (χ1v) is 13.4. The molecule has 37 heavy (non-hydrogen) atoms. The molecular formula is C30H45N3O4. The van der Waals surface area contributed by atoms with E-state index in [-0.39, 0.29) is 19.1 Å². The van der Waals surface area contributed by atoms with E-state index in [0.29, 0.717) is 50.6 Å². The van der Waals surface area contributed by atoms with Crippen LogP contribution in [0.2, 0.25) is 0 Å². The molecule has 204 valence electrons. The van der Waals surface area contributed by atoms with Crippen LogP contribution < -0.4 is 9.47 Å². The number of aryl methyl sites for hydroxylation is 1. The largest absolute Gasteiger partial charge is 0.492 e. The van der Waals surface area contributed by atoms with Crippen molar-refractivity contribution in [2.24, 2.45) is 0 Å². The molecule has 0 aromatic heterocycles. The van der Waals surface area contributed by atoms with E-state index in [1.807, 2.05) is 43.3 Å². The number of rotatable bonds is 11. The number of aliphatic hydroxyl groups is 1. The quantitative estimate of drug-likeness (QED) is 0.493. The number of ether oxygens (including phenoxy) is 2. The number of carbonyl (C=O) groups is 1. The molecule has 7 heteroatoms. The minimum Gasteiger partial charge on any atom is -0.492 e. The third kappa shape index (κ3) is 9.02. The van der Waals surface area contributed by atoms with E-state index in [1.165, 1.54) is 0 Å². The van der Waals surface area contributed by atoms with Crippen molar-refractivity contribution in [3.63, 3.8) is 0 Å². The topological polar surface area (TPSA) is 65.5 Å². The normalized spacial score (nSPS) is 18.9. The third-order valence-corrected chi connectivity index (χ3v) is 6.94. The Balaban J connectivity index is 1.59. The summed E-state index contributed by atoms with van der Waals surface area (Å²) in [6, 6.07) is 16.9. The van der Waals surface area contributed by atoms with Crippen molar-refractivity contribution in [3.05, 3.63) is 59.7 Å². The van der Waals surface area contributed by atoms with Gasteiger partial charge in [-0.05, 0) is 64.4 Å². The van der Waals surface area contributed by atoms with Gasteiger partial charge in [0.1, 0.15) is 30.3 Å². The Morgan fingerprint density at radius 1 is 0.946 bits per heavy atom. The maximum absolute atomic E-state index is 12.2. The molecule has 1 atom stereocenters. The average Bonchev–Trinajstić information content (AvgIpc) is 3.01. The van der Waals surface area contributed by atoms with Gasteiger partial charge in [0.05, 0.1) is 6.54 Å². The first kappa shape index (κ1) is 29.0. The number of amides is 1. The van der Waals surface area contributed by atoms with Crippen LogP contribution in [-0.2, 0) is 11.3 Å². The highest BCUT2D eigenvalue weighted by atomic mass is 16.5. The first-order chi connectivity index (χ1) is 17.5. The fourth-order valence-electron chi connectivity index (χ4n) is 4.92. The number of carbonyl (C=O) groups excluding carboxylic acids is 1. The number of nitrogens with zero attached hydrogens (tertiary/aromatic N) is 3. The molecule has 1 heterocycles. The molecular weight excluding hydrogens is 466 g/mol. The highest BCUT2D eigenvalue weighted by Gasteiger charge is 2.36. The Hall–Kier alpha value is -2.61. The summed E-state index contributed by atoms with van der Waals surface area (Å²) < 4.78 is 12.0. The molecule has 0 unspecified atom stereocenters. The molecule has 1 fully saturated rings. The van der Waals surface area contributed by atoms with Gasteiger partial charge in [0, 0.05) is 51.7 Å². The Morgan fingerprint density at radius 2 is 1.54 bits per heavy atom. The summed E-state index contributed by atoms with van der Waals surface area (Å²) in [7, 11) is 0. The molecule has 1 aliphatic heterocycles. The van der Waals surface area contributed by atoms with Crippen molar-refractivity contribution in [3.8, 4) is 11.5 Å². The van der Waals surface area contributed by atoms with Gasteiger partial charge in [-0.15, -0.1) is 0 Å². The zero-order valence-corrected chi connectivity index (χ0v) is 23.4. The lowest BCUT2D eigenvalue weighted by atomic mass is 10.0. The molecule has 1 amide bonds. The van der Waals surface area contributed by atoms with Crippen molar-refractivity contribution in [2.75, 3.05) is 45.9 Å². The van der Waals surface area contributed by atoms with Crippen LogP contribution in [0.3, 0.4) is 0 Å². The number of hydrogen-bond acceptors (Lipinski definition) is 6. The van der Waals surface area contributed by atoms with Crippen LogP contribution in [0.15, 0.2) is 48.5 Å². The van der Waals surface area contributed by atoms with Crippen LogP contribution in [0.5, 0.6) is 11.5 Å². The summed E-state index contributed by atoms with van der Waals surface area (Å²) in [4.78, 5) is 18.5. The maximum Gasteiger partial charge on any atom is 0.219 e. The van der Waals surface area contributed by atoms with E-state index >= 15 is 0 Å². The van der Waals surface area contributed by atoms with E-state index in [0.717, 1.165) is 23.4 Å². The average molecular weight is 512 g/mol. The van der Waals surface area contributed by atoms with Crippen LogP contribution in [-0.4, -0.2) is 89.3 Å². The summed E-state index contributed by atoms with van der Waals surface area (Å²) >= 11 is 0. The molecule has 0 radical (unpaired) electrons. The standard InChI is InChI=1S/C30H45N3O4/c1-23(2)33(24(3)4)17-18-36-28-13-9-27(10-14-28)19-31-15-16-32(26(6)34)21-30(35,20-31)22-37-29-11-7-25(5)8-12-29/h7-14,23-24,35H,15-22H2,1-6H3/t30-/m1/s1. The summed E-state index contributed by atoms with van der Waals surface area (Å²) in [5.41, 5.74) is 1.12. The molecule has 2 aromatic carbocycles. The summed E-state index contributed by atoms with van der Waals surface area (Å²) in [5, 5.41) is 11.5. The molecule has 3 rings (SSSR count). The monoisotopic (exact) mass is 511 g/mol. The lowest BCUT2D eigenvalue weighted by molar-refractivity contribution is -0.132. The van der Waals surface area contributed by atoms with Crippen LogP contribution in [0.25, 0.3) is 0 Å². The maximum atomic E-state index is 12.2. The van der Waals surface area contributed by atoms with E-state index in [1.54, 1.807) is 11.8 Å². The first-order valence-electron chi connectivity index (χ1n) is 13.4. The number of β-amino-alcohol motifs (C(OH)–C–C–N with tert-alkyl or cyclic N) is 1. The van der Waals surface area contributed by atoms with E-state index in [2.05, 4.69) is 49.6 Å². The summed E-state index contributed by atoms with van der Waals surface area (Å²) in [6.07, 6.45) is 0. The zero-order valence-electron chi connectivity index (χ0n) is 23.4. The molecule has 0 saturated carbocycles. The Morgan fingerprint density at radius 3 is 2.14 bits per heavy atom. The van der Waals surface area contributed by atoms with Gasteiger partial charge in [0.15, 0.2) is 0 Å². The van der Waals surface area contributed by atoms with Crippen molar-refractivity contribution < 1.29 is 19.4 Å². The van der Waals surface area contributed by atoms with Crippen LogP contribution >= 0.6 is 0 Å². The smallest absolute Gasteiger partial charge is 0.219 e. The van der Waals surface area contributed by atoms with Crippen molar-refractivity contribution in [1.82, 2.24) is 14.7 Å². The van der Waals surface area contributed by atoms with Gasteiger partial charge < -0.3 is 19.5 Å². The van der Waals surface area contributed by atoms with Crippen LogP contribution in [0, 0.1) is 6.92 Å². The zero-order chi connectivity index (χ0) is 27.0. The molecule has 7 nitrogen and oxygen atoms in total. The van der Waals surface area contributed by atoms with Crippen LogP contribution in [0.4, 0.5) is 0 Å². The molecule has 1 aliphatic rings. The van der Waals surface area contributed by atoms with E-state index < -0.39 is 5.60 Å². The van der Waals surface area contributed by atoms with Gasteiger partial charge in [-0.2, -0.15) is 0 Å². The minimum absolute atomic E-state index is 0.0365. The molecule has 0 spiro atoms. The van der Waals surface area contributed by atoms with Crippen molar-refractivity contribution in [2.45, 2.75) is 65.8 Å². The van der Waals surface area contributed by atoms with E-state index in [9.17, 15) is 9.90 Å². The third-order valence-electron chi connectivity index (χ3n) is 6.94. The van der Waals surface area contributed by atoms with Gasteiger partial charge in [-0.1, -0.05) is 29.8 Å². The lowest BCUT2D eigenvalue weighted by Crippen LogP contribution is -2.51. The van der Waals surface area contributed by atoms with Gasteiger partial charge in [0.25, 0.3) is 0 Å². The SMILES string of the molecule is CC(=O)N1CCN(Cc2ccc(OCCN(C(C)C)C(C)C)cc2)C[C@](O)(COc2ccc(C)cc2)C1. The van der Waals surface area contributed by atoms with Gasteiger partial charge in [-0.3, -0.25) is 14.6 Å².